The maximum Gasteiger partial charge on any atom is 0.301 e. The van der Waals surface area contributed by atoms with E-state index in [1.807, 2.05) is 0 Å². The molecule has 11 heteroatoms. The second-order valence-corrected chi connectivity index (χ2v) is 8.91. The number of nitrogens with zero attached hydrogens (tertiary/aromatic N) is 3. The molecule has 35 heavy (non-hydrogen) atoms. The minimum atomic E-state index is -0.977. The van der Waals surface area contributed by atoms with Gasteiger partial charge in [-0.25, -0.2) is 0 Å². The molecule has 3 heterocycles. The number of fused-ring (bicyclic) bond motifs is 1. The molecule has 10 nitrogen and oxygen atoms in total. The third kappa shape index (κ3) is 3.83. The van der Waals surface area contributed by atoms with Crippen molar-refractivity contribution >= 4 is 33.9 Å². The molecule has 0 radical (unpaired) electrons. The standard InChI is InChI=1S/C24H21N3O7S/c1-12-25-26-24(35-12)27-20(13-4-6-15(31-2)17(10-13)32-3)19(22(29)23(27)30)21(28)14-5-7-16-18(11-14)34-9-8-33-16/h4-7,10-11,20,28H,8-9H2,1-3H3/t20-/m1/s1. The quantitative estimate of drug-likeness (QED) is 0.323. The lowest BCUT2D eigenvalue weighted by molar-refractivity contribution is -0.132. The number of hydrogen-bond donors (Lipinski definition) is 1. The number of benzene rings is 2. The SMILES string of the molecule is COc1ccc([C@@H]2C(=C(O)c3ccc4c(c3)OCCO4)C(=O)C(=O)N2c2nnc(C)s2)cc1OC. The molecule has 0 aliphatic carbocycles. The van der Waals surface area contributed by atoms with Crippen LogP contribution < -0.4 is 23.8 Å². The summed E-state index contributed by atoms with van der Waals surface area (Å²) in [6.07, 6.45) is 0. The highest BCUT2D eigenvalue weighted by atomic mass is 32.1. The first-order valence-corrected chi connectivity index (χ1v) is 11.5. The van der Waals surface area contributed by atoms with E-state index in [1.165, 1.54) is 30.5 Å². The molecular weight excluding hydrogens is 474 g/mol. The predicted molar refractivity (Wildman–Crippen MR) is 126 cm³/mol. The van der Waals surface area contributed by atoms with Gasteiger partial charge in [0.25, 0.3) is 5.78 Å². The largest absolute Gasteiger partial charge is 0.507 e. The van der Waals surface area contributed by atoms with Crippen LogP contribution in [0.1, 0.15) is 22.2 Å². The van der Waals surface area contributed by atoms with Crippen molar-refractivity contribution < 1.29 is 33.6 Å². The highest BCUT2D eigenvalue weighted by Crippen LogP contribution is 2.45. The van der Waals surface area contributed by atoms with Gasteiger partial charge in [-0.2, -0.15) is 0 Å². The van der Waals surface area contributed by atoms with Gasteiger partial charge in [0.15, 0.2) is 23.0 Å². The Kier molecular flexibility index (Phi) is 5.77. The molecule has 1 fully saturated rings. The maximum absolute atomic E-state index is 13.3. The molecule has 1 aromatic heterocycles. The topological polar surface area (TPSA) is 120 Å². The van der Waals surface area contributed by atoms with Crippen LogP contribution in [0.3, 0.4) is 0 Å². The zero-order valence-electron chi connectivity index (χ0n) is 19.1. The van der Waals surface area contributed by atoms with E-state index in [4.69, 9.17) is 18.9 Å². The van der Waals surface area contributed by atoms with Crippen molar-refractivity contribution in [2.45, 2.75) is 13.0 Å². The van der Waals surface area contributed by atoms with Crippen LogP contribution in [0.4, 0.5) is 5.13 Å². The summed E-state index contributed by atoms with van der Waals surface area (Å²) in [5, 5.41) is 20.3. The fourth-order valence-electron chi connectivity index (χ4n) is 4.10. The summed E-state index contributed by atoms with van der Waals surface area (Å²) in [6.45, 7) is 2.53. The number of aryl methyl sites for hydroxylation is 1. The first kappa shape index (κ1) is 22.7. The van der Waals surface area contributed by atoms with Gasteiger partial charge in [0.2, 0.25) is 5.13 Å². The van der Waals surface area contributed by atoms with E-state index in [9.17, 15) is 14.7 Å². The number of carbonyl (C=O) groups is 2. The van der Waals surface area contributed by atoms with E-state index in [0.717, 1.165) is 0 Å². The minimum Gasteiger partial charge on any atom is -0.507 e. The number of Topliss-reactive ketones (excluding diaryl/α,β-unsaturated/α-hetero) is 1. The Labute approximate surface area is 204 Å². The molecule has 1 N–H and O–H groups in total. The molecule has 2 aliphatic rings. The summed E-state index contributed by atoms with van der Waals surface area (Å²) in [5.41, 5.74) is 0.742. The van der Waals surface area contributed by atoms with Gasteiger partial charge < -0.3 is 24.1 Å². The van der Waals surface area contributed by atoms with Crippen LogP contribution in [0.15, 0.2) is 42.0 Å². The molecule has 3 aromatic rings. The second-order valence-electron chi connectivity index (χ2n) is 7.75. The average Bonchev–Trinajstić information content (AvgIpc) is 3.42. The summed E-state index contributed by atoms with van der Waals surface area (Å²) in [5.74, 6) is -0.143. The maximum atomic E-state index is 13.3. The number of aliphatic hydroxyl groups is 1. The number of ether oxygens (including phenoxy) is 4. The number of anilines is 1. The monoisotopic (exact) mass is 495 g/mol. The normalized spacial score (nSPS) is 18.6. The number of hydrogen-bond acceptors (Lipinski definition) is 10. The number of aliphatic hydroxyl groups excluding tert-OH is 1. The molecule has 0 bridgehead atoms. The number of methoxy groups -OCH3 is 2. The van der Waals surface area contributed by atoms with E-state index in [-0.39, 0.29) is 16.5 Å². The molecule has 0 saturated carbocycles. The van der Waals surface area contributed by atoms with Crippen molar-refractivity contribution in [1.82, 2.24) is 10.2 Å². The van der Waals surface area contributed by atoms with Gasteiger partial charge in [0.05, 0.1) is 25.8 Å². The third-order valence-corrected chi connectivity index (χ3v) is 6.54. The van der Waals surface area contributed by atoms with Crippen LogP contribution in [0.2, 0.25) is 0 Å². The Morgan fingerprint density at radius 3 is 2.46 bits per heavy atom. The molecule has 2 aromatic carbocycles. The fourth-order valence-corrected chi connectivity index (χ4v) is 4.81. The molecule has 180 valence electrons. The van der Waals surface area contributed by atoms with E-state index in [1.54, 1.807) is 43.3 Å². The second kappa shape index (κ2) is 8.91. The highest BCUT2D eigenvalue weighted by Gasteiger charge is 2.48. The van der Waals surface area contributed by atoms with E-state index in [2.05, 4.69) is 10.2 Å². The highest BCUT2D eigenvalue weighted by molar-refractivity contribution is 7.15. The van der Waals surface area contributed by atoms with Gasteiger partial charge in [0, 0.05) is 5.56 Å². The molecule has 0 unspecified atom stereocenters. The molecule has 0 spiro atoms. The predicted octanol–water partition coefficient (Wildman–Crippen LogP) is 3.26. The molecular formula is C24H21N3O7S. The zero-order valence-corrected chi connectivity index (χ0v) is 19.9. The van der Waals surface area contributed by atoms with Crippen LogP contribution in [-0.4, -0.2) is 54.4 Å². The fraction of sp³-hybridized carbons (Fsp3) is 0.250. The van der Waals surface area contributed by atoms with Crippen LogP contribution in [0.5, 0.6) is 23.0 Å². The van der Waals surface area contributed by atoms with E-state index >= 15 is 0 Å². The van der Waals surface area contributed by atoms with Gasteiger partial charge >= 0.3 is 5.91 Å². The first-order chi connectivity index (χ1) is 16.9. The minimum absolute atomic E-state index is 0.0910. The Bertz CT molecular complexity index is 1370. The Hall–Kier alpha value is -4.12. The average molecular weight is 496 g/mol. The lowest BCUT2D eigenvalue weighted by atomic mass is 9.95. The summed E-state index contributed by atoms with van der Waals surface area (Å²) < 4.78 is 21.9. The van der Waals surface area contributed by atoms with Crippen molar-refractivity contribution in [2.75, 3.05) is 32.3 Å². The Morgan fingerprint density at radius 1 is 1.03 bits per heavy atom. The van der Waals surface area contributed by atoms with Gasteiger partial charge in [-0.3, -0.25) is 14.5 Å². The number of amides is 1. The summed E-state index contributed by atoms with van der Waals surface area (Å²) in [6, 6.07) is 8.90. The molecule has 1 atom stereocenters. The lowest BCUT2D eigenvalue weighted by Crippen LogP contribution is -2.29. The molecule has 1 amide bonds. The van der Waals surface area contributed by atoms with E-state index in [0.29, 0.717) is 52.3 Å². The number of rotatable bonds is 5. The van der Waals surface area contributed by atoms with Crippen LogP contribution >= 0.6 is 11.3 Å². The van der Waals surface area contributed by atoms with Gasteiger partial charge in [-0.15, -0.1) is 10.2 Å². The number of carbonyl (C=O) groups excluding carboxylic acids is 2. The smallest absolute Gasteiger partial charge is 0.301 e. The van der Waals surface area contributed by atoms with Gasteiger partial charge in [-0.1, -0.05) is 17.4 Å². The van der Waals surface area contributed by atoms with Crippen molar-refractivity contribution in [2.24, 2.45) is 0 Å². The Balaban J connectivity index is 1.70. The Morgan fingerprint density at radius 2 is 1.77 bits per heavy atom. The van der Waals surface area contributed by atoms with E-state index < -0.39 is 17.7 Å². The summed E-state index contributed by atoms with van der Waals surface area (Å²) in [7, 11) is 3.00. The first-order valence-electron chi connectivity index (χ1n) is 10.7. The lowest BCUT2D eigenvalue weighted by Gasteiger charge is -2.23. The van der Waals surface area contributed by atoms with Crippen LogP contribution in [0.25, 0.3) is 5.76 Å². The zero-order chi connectivity index (χ0) is 24.7. The van der Waals surface area contributed by atoms with Crippen molar-refractivity contribution in [3.63, 3.8) is 0 Å². The van der Waals surface area contributed by atoms with Crippen molar-refractivity contribution in [3.8, 4) is 23.0 Å². The van der Waals surface area contributed by atoms with Gasteiger partial charge in [-0.05, 0) is 42.8 Å². The number of aromatic nitrogens is 2. The summed E-state index contributed by atoms with van der Waals surface area (Å²) >= 11 is 1.17. The molecule has 5 rings (SSSR count). The van der Waals surface area contributed by atoms with Crippen molar-refractivity contribution in [1.29, 1.82) is 0 Å². The molecule has 1 saturated heterocycles. The number of ketones is 1. The van der Waals surface area contributed by atoms with Crippen LogP contribution in [-0.2, 0) is 9.59 Å². The third-order valence-electron chi connectivity index (χ3n) is 5.70. The molecule has 2 aliphatic heterocycles. The van der Waals surface area contributed by atoms with Crippen LogP contribution in [0, 0.1) is 6.92 Å². The van der Waals surface area contributed by atoms with Crippen molar-refractivity contribution in [3.05, 3.63) is 58.1 Å². The van der Waals surface area contributed by atoms with Gasteiger partial charge in [0.1, 0.15) is 24.0 Å². The summed E-state index contributed by atoms with van der Waals surface area (Å²) in [4.78, 5) is 27.8.